The molecule has 2 aromatic carbocycles. The molecule has 0 saturated heterocycles. The van der Waals surface area contributed by atoms with Gasteiger partial charge in [-0.3, -0.25) is 0 Å². The minimum Gasteiger partial charge on any atom is -0.490 e. The third-order valence-electron chi connectivity index (χ3n) is 3.62. The van der Waals surface area contributed by atoms with Gasteiger partial charge in [0, 0.05) is 0 Å². The van der Waals surface area contributed by atoms with E-state index in [9.17, 15) is 5.11 Å². The Morgan fingerprint density at radius 2 is 2.00 bits per heavy atom. The number of ether oxygens (including phenoxy) is 1. The zero-order valence-electron chi connectivity index (χ0n) is 11.3. The Morgan fingerprint density at radius 3 is 2.85 bits per heavy atom. The molecule has 0 spiro atoms. The lowest BCUT2D eigenvalue weighted by molar-refractivity contribution is 0.180. The molecule has 0 heterocycles. The lowest BCUT2D eigenvalue weighted by atomic mass is 10.1. The molecular weight excluding hydrogens is 248 g/mol. The lowest BCUT2D eigenvalue weighted by Crippen LogP contribution is -1.95. The zero-order valence-corrected chi connectivity index (χ0v) is 11.3. The average Bonchev–Trinajstić information content (AvgIpc) is 2.86. The van der Waals surface area contributed by atoms with Crippen molar-refractivity contribution >= 4 is 6.08 Å². The fourth-order valence-electron chi connectivity index (χ4n) is 2.55. The van der Waals surface area contributed by atoms with Crippen LogP contribution in [0.15, 0.2) is 54.6 Å². The van der Waals surface area contributed by atoms with Crippen molar-refractivity contribution in [1.29, 1.82) is 0 Å². The van der Waals surface area contributed by atoms with Gasteiger partial charge in [-0.25, -0.2) is 0 Å². The summed E-state index contributed by atoms with van der Waals surface area (Å²) < 4.78 is 5.72. The first-order chi connectivity index (χ1) is 9.83. The predicted octanol–water partition coefficient (Wildman–Crippen LogP) is 3.76. The van der Waals surface area contributed by atoms with E-state index in [1.54, 1.807) is 0 Å². The van der Waals surface area contributed by atoms with Crippen molar-refractivity contribution in [2.24, 2.45) is 0 Å². The molecule has 2 aromatic rings. The average molecular weight is 266 g/mol. The van der Waals surface area contributed by atoms with Crippen LogP contribution in [0.2, 0.25) is 0 Å². The van der Waals surface area contributed by atoms with E-state index in [1.165, 1.54) is 11.1 Å². The first kappa shape index (κ1) is 12.9. The van der Waals surface area contributed by atoms with Gasteiger partial charge in [-0.05, 0) is 47.7 Å². The van der Waals surface area contributed by atoms with Crippen LogP contribution in [-0.4, -0.2) is 11.7 Å². The molecule has 2 heteroatoms. The van der Waals surface area contributed by atoms with Crippen LogP contribution >= 0.6 is 0 Å². The Hall–Kier alpha value is -2.06. The van der Waals surface area contributed by atoms with Gasteiger partial charge < -0.3 is 9.84 Å². The van der Waals surface area contributed by atoms with Crippen LogP contribution in [0.3, 0.4) is 0 Å². The summed E-state index contributed by atoms with van der Waals surface area (Å²) in [6.45, 7) is 0.552. The number of aliphatic hydroxyl groups excluding tert-OH is 1. The molecule has 3 rings (SSSR count). The van der Waals surface area contributed by atoms with Gasteiger partial charge in [0.2, 0.25) is 0 Å². The molecule has 0 amide bonds. The molecule has 102 valence electrons. The zero-order chi connectivity index (χ0) is 13.8. The fourth-order valence-corrected chi connectivity index (χ4v) is 2.55. The highest BCUT2D eigenvalue weighted by atomic mass is 16.5. The van der Waals surface area contributed by atoms with Crippen LogP contribution in [0.1, 0.15) is 29.2 Å². The second-order valence-corrected chi connectivity index (χ2v) is 5.04. The van der Waals surface area contributed by atoms with Gasteiger partial charge in [0.25, 0.3) is 0 Å². The number of hydrogen-bond donors (Lipinski definition) is 1. The minimum absolute atomic E-state index is 0.294. The summed E-state index contributed by atoms with van der Waals surface area (Å²) >= 11 is 0. The van der Waals surface area contributed by atoms with E-state index in [-0.39, 0.29) is 6.10 Å². The van der Waals surface area contributed by atoms with Crippen molar-refractivity contribution in [3.05, 3.63) is 71.3 Å². The molecule has 0 unspecified atom stereocenters. The van der Waals surface area contributed by atoms with Crippen molar-refractivity contribution in [2.75, 3.05) is 6.61 Å². The van der Waals surface area contributed by atoms with E-state index >= 15 is 0 Å². The molecule has 0 radical (unpaired) electrons. The van der Waals surface area contributed by atoms with Crippen molar-refractivity contribution in [2.45, 2.75) is 18.9 Å². The summed E-state index contributed by atoms with van der Waals surface area (Å²) in [4.78, 5) is 0. The van der Waals surface area contributed by atoms with Crippen molar-refractivity contribution in [3.63, 3.8) is 0 Å². The number of fused-ring (bicyclic) bond motifs is 1. The van der Waals surface area contributed by atoms with E-state index in [1.807, 2.05) is 42.5 Å². The maximum absolute atomic E-state index is 9.76. The summed E-state index contributed by atoms with van der Waals surface area (Å²) in [6.07, 6.45) is 5.53. The Morgan fingerprint density at radius 1 is 1.15 bits per heavy atom. The van der Waals surface area contributed by atoms with Gasteiger partial charge in [0.15, 0.2) is 0 Å². The number of aliphatic hydroxyl groups is 1. The Balaban J connectivity index is 1.58. The normalized spacial score (nSPS) is 17.4. The van der Waals surface area contributed by atoms with Gasteiger partial charge in [-0.15, -0.1) is 0 Å². The first-order valence-electron chi connectivity index (χ1n) is 6.98. The molecule has 1 atom stereocenters. The molecule has 0 saturated carbocycles. The molecule has 20 heavy (non-hydrogen) atoms. The summed E-state index contributed by atoms with van der Waals surface area (Å²) in [5.74, 6) is 0.871. The minimum atomic E-state index is -0.294. The molecule has 2 nitrogen and oxygen atoms in total. The first-order valence-corrected chi connectivity index (χ1v) is 6.98. The predicted molar refractivity (Wildman–Crippen MR) is 80.7 cm³/mol. The van der Waals surface area contributed by atoms with Gasteiger partial charge in [-0.2, -0.15) is 0 Å². The lowest BCUT2D eigenvalue weighted by Gasteiger charge is -2.07. The highest BCUT2D eigenvalue weighted by Gasteiger charge is 2.20. The van der Waals surface area contributed by atoms with Gasteiger partial charge in [0.05, 0.1) is 6.10 Å². The third kappa shape index (κ3) is 2.91. The van der Waals surface area contributed by atoms with Crippen molar-refractivity contribution in [1.82, 2.24) is 0 Å². The van der Waals surface area contributed by atoms with Crippen LogP contribution in [0.25, 0.3) is 6.08 Å². The van der Waals surface area contributed by atoms with Gasteiger partial charge in [0.1, 0.15) is 12.4 Å². The van der Waals surface area contributed by atoms with E-state index in [2.05, 4.69) is 18.2 Å². The number of aryl methyl sites for hydroxylation is 1. The van der Waals surface area contributed by atoms with E-state index in [0.29, 0.717) is 6.61 Å². The molecule has 1 aliphatic rings. The number of benzene rings is 2. The van der Waals surface area contributed by atoms with Crippen LogP contribution < -0.4 is 4.74 Å². The molecule has 0 aliphatic heterocycles. The Labute approximate surface area is 119 Å². The Kier molecular flexibility index (Phi) is 3.84. The monoisotopic (exact) mass is 266 g/mol. The Bertz CT molecular complexity index is 602. The van der Waals surface area contributed by atoms with E-state index in [4.69, 9.17) is 4.74 Å². The second-order valence-electron chi connectivity index (χ2n) is 5.04. The standard InChI is InChI=1S/C18H18O2/c19-18-11-8-15-13-16(9-10-17(15)18)20-12-4-7-14-5-2-1-3-6-14/h1-7,9-10,13,18-19H,8,11-12H2/b7-4+/t18-/m0/s1. The largest absolute Gasteiger partial charge is 0.490 e. The third-order valence-corrected chi connectivity index (χ3v) is 3.62. The van der Waals surface area contributed by atoms with Crippen LogP contribution in [0.4, 0.5) is 0 Å². The summed E-state index contributed by atoms with van der Waals surface area (Å²) in [7, 11) is 0. The highest BCUT2D eigenvalue weighted by Crippen LogP contribution is 2.33. The smallest absolute Gasteiger partial charge is 0.120 e. The van der Waals surface area contributed by atoms with Gasteiger partial charge >= 0.3 is 0 Å². The number of rotatable bonds is 4. The molecule has 0 aromatic heterocycles. The van der Waals surface area contributed by atoms with Crippen molar-refractivity contribution < 1.29 is 9.84 Å². The van der Waals surface area contributed by atoms with E-state index in [0.717, 1.165) is 24.2 Å². The topological polar surface area (TPSA) is 29.5 Å². The fraction of sp³-hybridized carbons (Fsp3) is 0.222. The van der Waals surface area contributed by atoms with Crippen LogP contribution in [0.5, 0.6) is 5.75 Å². The SMILES string of the molecule is O[C@H]1CCc2cc(OC/C=C/c3ccccc3)ccc21. The summed E-state index contributed by atoms with van der Waals surface area (Å²) in [6, 6.07) is 16.1. The van der Waals surface area contributed by atoms with Crippen LogP contribution in [-0.2, 0) is 6.42 Å². The second kappa shape index (κ2) is 5.93. The summed E-state index contributed by atoms with van der Waals surface area (Å²) in [5, 5.41) is 9.76. The molecule has 1 N–H and O–H groups in total. The molecular formula is C18H18O2. The maximum Gasteiger partial charge on any atom is 0.120 e. The van der Waals surface area contributed by atoms with Crippen LogP contribution in [0, 0.1) is 0 Å². The molecule has 0 bridgehead atoms. The number of hydrogen-bond acceptors (Lipinski definition) is 2. The molecule has 0 fully saturated rings. The van der Waals surface area contributed by atoms with Crippen molar-refractivity contribution in [3.8, 4) is 5.75 Å². The maximum atomic E-state index is 9.76. The quantitative estimate of drug-likeness (QED) is 0.913. The molecule has 1 aliphatic carbocycles. The van der Waals surface area contributed by atoms with Gasteiger partial charge in [-0.1, -0.05) is 42.5 Å². The highest BCUT2D eigenvalue weighted by molar-refractivity contribution is 5.48. The summed E-state index contributed by atoms with van der Waals surface area (Å²) in [5.41, 5.74) is 3.44. The van der Waals surface area contributed by atoms with E-state index < -0.39 is 0 Å².